The molecule has 0 aliphatic rings. The van der Waals surface area contributed by atoms with Crippen molar-refractivity contribution < 1.29 is 19.2 Å². The molecule has 0 saturated carbocycles. The first-order valence-electron chi connectivity index (χ1n) is 3.89. The Bertz CT molecular complexity index is 342. The standard InChI is InChI=1S/C8H10N2O4/c1-8(2,7(12)13)6(11)10-5-3-9-14-4-5/h3-4H,1-2H3,(H,10,11)(H,12,13). The lowest BCUT2D eigenvalue weighted by atomic mass is 9.93. The van der Waals surface area contributed by atoms with Gasteiger partial charge in [0, 0.05) is 0 Å². The van der Waals surface area contributed by atoms with Gasteiger partial charge in [0.15, 0.2) is 0 Å². The number of carbonyl (C=O) groups is 2. The number of anilines is 1. The van der Waals surface area contributed by atoms with Crippen molar-refractivity contribution in [3.63, 3.8) is 0 Å². The zero-order chi connectivity index (χ0) is 10.8. The van der Waals surface area contributed by atoms with Crippen LogP contribution in [0.1, 0.15) is 13.8 Å². The molecule has 0 spiro atoms. The van der Waals surface area contributed by atoms with Crippen molar-refractivity contribution >= 4 is 17.6 Å². The van der Waals surface area contributed by atoms with Crippen LogP contribution >= 0.6 is 0 Å². The Morgan fingerprint density at radius 2 is 2.21 bits per heavy atom. The number of nitrogens with zero attached hydrogens (tertiary/aromatic N) is 1. The predicted molar refractivity (Wildman–Crippen MR) is 46.5 cm³/mol. The summed E-state index contributed by atoms with van der Waals surface area (Å²) in [6.07, 6.45) is 2.51. The number of carbonyl (C=O) groups excluding carboxylic acids is 1. The molecular weight excluding hydrogens is 188 g/mol. The van der Waals surface area contributed by atoms with Gasteiger partial charge in [-0.25, -0.2) is 0 Å². The highest BCUT2D eigenvalue weighted by Crippen LogP contribution is 2.18. The van der Waals surface area contributed by atoms with Gasteiger partial charge in [0.1, 0.15) is 17.4 Å². The third-order valence-corrected chi connectivity index (χ3v) is 1.79. The second-order valence-electron chi connectivity index (χ2n) is 3.30. The van der Waals surface area contributed by atoms with E-state index in [0.717, 1.165) is 0 Å². The van der Waals surface area contributed by atoms with Crippen molar-refractivity contribution in [2.24, 2.45) is 5.41 Å². The summed E-state index contributed by atoms with van der Waals surface area (Å²) in [5, 5.41) is 14.5. The number of carboxylic acid groups (broad SMARTS) is 1. The van der Waals surface area contributed by atoms with Gasteiger partial charge < -0.3 is 14.9 Å². The van der Waals surface area contributed by atoms with E-state index in [4.69, 9.17) is 5.11 Å². The van der Waals surface area contributed by atoms with E-state index in [-0.39, 0.29) is 0 Å². The Morgan fingerprint density at radius 3 is 2.64 bits per heavy atom. The minimum atomic E-state index is -1.47. The molecule has 0 unspecified atom stereocenters. The van der Waals surface area contributed by atoms with Crippen molar-refractivity contribution in [2.45, 2.75) is 13.8 Å². The SMILES string of the molecule is CC(C)(C(=O)O)C(=O)Nc1cnoc1. The van der Waals surface area contributed by atoms with Gasteiger partial charge in [-0.15, -0.1) is 0 Å². The Balaban J connectivity index is 2.72. The predicted octanol–water partition coefficient (Wildman–Crippen LogP) is 0.724. The van der Waals surface area contributed by atoms with Crippen LogP contribution in [0.2, 0.25) is 0 Å². The molecule has 0 fully saturated rings. The Morgan fingerprint density at radius 1 is 1.57 bits per heavy atom. The molecular formula is C8H10N2O4. The number of amides is 1. The van der Waals surface area contributed by atoms with Gasteiger partial charge in [-0.1, -0.05) is 5.16 Å². The van der Waals surface area contributed by atoms with Crippen LogP contribution in [0.4, 0.5) is 5.69 Å². The third kappa shape index (κ3) is 1.90. The highest BCUT2D eigenvalue weighted by Gasteiger charge is 2.36. The summed E-state index contributed by atoms with van der Waals surface area (Å²) in [5.41, 5.74) is -1.14. The smallest absolute Gasteiger partial charge is 0.318 e. The fourth-order valence-corrected chi connectivity index (χ4v) is 0.651. The molecule has 1 aromatic rings. The van der Waals surface area contributed by atoms with Crippen LogP contribution in [-0.2, 0) is 9.59 Å². The van der Waals surface area contributed by atoms with E-state index in [2.05, 4.69) is 15.0 Å². The minimum Gasteiger partial charge on any atom is -0.480 e. The van der Waals surface area contributed by atoms with Gasteiger partial charge in [-0.3, -0.25) is 9.59 Å². The normalized spacial score (nSPS) is 11.0. The Hall–Kier alpha value is -1.85. The topological polar surface area (TPSA) is 92.4 Å². The van der Waals surface area contributed by atoms with Crippen LogP contribution in [-0.4, -0.2) is 22.1 Å². The maximum atomic E-state index is 11.4. The van der Waals surface area contributed by atoms with Crippen molar-refractivity contribution in [2.75, 3.05) is 5.32 Å². The van der Waals surface area contributed by atoms with E-state index >= 15 is 0 Å². The molecule has 1 aromatic heterocycles. The quantitative estimate of drug-likeness (QED) is 0.698. The molecule has 0 saturated heterocycles. The van der Waals surface area contributed by atoms with Crippen molar-refractivity contribution in [1.82, 2.24) is 5.16 Å². The van der Waals surface area contributed by atoms with Crippen LogP contribution in [0, 0.1) is 5.41 Å². The summed E-state index contributed by atoms with van der Waals surface area (Å²) in [7, 11) is 0. The molecule has 0 atom stereocenters. The van der Waals surface area contributed by atoms with Gasteiger partial charge >= 0.3 is 5.97 Å². The number of carboxylic acids is 1. The van der Waals surface area contributed by atoms with Gasteiger partial charge in [-0.2, -0.15) is 0 Å². The number of hydrogen-bond donors (Lipinski definition) is 2. The fraction of sp³-hybridized carbons (Fsp3) is 0.375. The molecule has 1 amide bonds. The summed E-state index contributed by atoms with van der Waals surface area (Å²) in [4.78, 5) is 22.1. The number of nitrogens with one attached hydrogen (secondary N) is 1. The number of aromatic nitrogens is 1. The first-order valence-corrected chi connectivity index (χ1v) is 3.89. The largest absolute Gasteiger partial charge is 0.480 e. The van der Waals surface area contributed by atoms with Crippen LogP contribution in [0.15, 0.2) is 17.0 Å². The summed E-state index contributed by atoms with van der Waals surface area (Å²) in [6.45, 7) is 2.64. The molecule has 0 aliphatic carbocycles. The van der Waals surface area contributed by atoms with E-state index in [1.54, 1.807) is 0 Å². The maximum Gasteiger partial charge on any atom is 0.318 e. The number of aliphatic carboxylic acids is 1. The second kappa shape index (κ2) is 3.49. The molecule has 1 heterocycles. The lowest BCUT2D eigenvalue weighted by Crippen LogP contribution is -2.37. The van der Waals surface area contributed by atoms with Gasteiger partial charge in [0.2, 0.25) is 5.91 Å². The summed E-state index contributed by atoms with van der Waals surface area (Å²) in [5.74, 6) is -1.81. The Kier molecular flexibility index (Phi) is 2.55. The number of rotatable bonds is 3. The van der Waals surface area contributed by atoms with Crippen LogP contribution in [0.5, 0.6) is 0 Å². The molecule has 0 aliphatic heterocycles. The molecule has 6 nitrogen and oxygen atoms in total. The van der Waals surface area contributed by atoms with Gasteiger partial charge in [0.25, 0.3) is 0 Å². The summed E-state index contributed by atoms with van der Waals surface area (Å²) < 4.78 is 4.48. The number of hydrogen-bond acceptors (Lipinski definition) is 4. The maximum absolute atomic E-state index is 11.4. The van der Waals surface area contributed by atoms with Crippen molar-refractivity contribution in [1.29, 1.82) is 0 Å². The molecule has 0 radical (unpaired) electrons. The van der Waals surface area contributed by atoms with Crippen LogP contribution < -0.4 is 5.32 Å². The van der Waals surface area contributed by atoms with Crippen molar-refractivity contribution in [3.05, 3.63) is 12.5 Å². The van der Waals surface area contributed by atoms with E-state index in [1.165, 1.54) is 26.3 Å². The van der Waals surface area contributed by atoms with Crippen LogP contribution in [0.25, 0.3) is 0 Å². The lowest BCUT2D eigenvalue weighted by molar-refractivity contribution is -0.151. The molecule has 2 N–H and O–H groups in total. The molecule has 1 rings (SSSR count). The first-order chi connectivity index (χ1) is 6.44. The monoisotopic (exact) mass is 198 g/mol. The molecule has 14 heavy (non-hydrogen) atoms. The highest BCUT2D eigenvalue weighted by molar-refractivity contribution is 6.07. The molecule has 6 heteroatoms. The van der Waals surface area contributed by atoms with Gasteiger partial charge in [0.05, 0.1) is 6.20 Å². The van der Waals surface area contributed by atoms with Gasteiger partial charge in [-0.05, 0) is 13.8 Å². The van der Waals surface area contributed by atoms with E-state index in [0.29, 0.717) is 5.69 Å². The molecule has 76 valence electrons. The average molecular weight is 198 g/mol. The molecule has 0 bridgehead atoms. The van der Waals surface area contributed by atoms with E-state index in [9.17, 15) is 9.59 Å². The minimum absolute atomic E-state index is 0.337. The highest BCUT2D eigenvalue weighted by atomic mass is 16.5. The molecule has 0 aromatic carbocycles. The second-order valence-corrected chi connectivity index (χ2v) is 3.30. The third-order valence-electron chi connectivity index (χ3n) is 1.79. The summed E-state index contributed by atoms with van der Waals surface area (Å²) >= 11 is 0. The van der Waals surface area contributed by atoms with E-state index < -0.39 is 17.3 Å². The van der Waals surface area contributed by atoms with Crippen LogP contribution in [0.3, 0.4) is 0 Å². The fourth-order valence-electron chi connectivity index (χ4n) is 0.651. The average Bonchev–Trinajstić information content (AvgIpc) is 2.56. The Labute approximate surface area is 79.9 Å². The summed E-state index contributed by atoms with van der Waals surface area (Å²) in [6, 6.07) is 0. The van der Waals surface area contributed by atoms with Crippen molar-refractivity contribution in [3.8, 4) is 0 Å². The zero-order valence-electron chi connectivity index (χ0n) is 7.77. The van der Waals surface area contributed by atoms with E-state index in [1.807, 2.05) is 0 Å². The first kappa shape index (κ1) is 10.2. The lowest BCUT2D eigenvalue weighted by Gasteiger charge is -2.17. The zero-order valence-corrected chi connectivity index (χ0v) is 7.77.